The van der Waals surface area contributed by atoms with Crippen LogP contribution in [0.1, 0.15) is 38.5 Å². The Balaban J connectivity index is 1.59. The van der Waals surface area contributed by atoms with Gasteiger partial charge >= 0.3 is 0 Å². The molecule has 2 fully saturated rings. The van der Waals surface area contributed by atoms with Crippen LogP contribution in [0.5, 0.6) is 0 Å². The van der Waals surface area contributed by atoms with Crippen molar-refractivity contribution in [3.05, 3.63) is 105 Å². The van der Waals surface area contributed by atoms with Crippen LogP contribution >= 0.6 is 11.8 Å². The zero-order valence-corrected chi connectivity index (χ0v) is 20.7. The highest BCUT2D eigenvalue weighted by Crippen LogP contribution is 2.61. The molecule has 36 heavy (non-hydrogen) atoms. The molecule has 4 atom stereocenters. The molecule has 0 aromatic heterocycles. The van der Waals surface area contributed by atoms with E-state index < -0.39 is 16.4 Å². The van der Waals surface area contributed by atoms with Crippen LogP contribution in [0, 0.1) is 29.9 Å². The molecule has 182 valence electrons. The molecule has 0 saturated carbocycles. The first-order valence-electron chi connectivity index (χ1n) is 11.9. The summed E-state index contributed by atoms with van der Waals surface area (Å²) >= 11 is 1.75. The number of nitro benzene ring substituents is 1. The molecule has 0 unspecified atom stereocenters. The fourth-order valence-electron chi connectivity index (χ4n) is 6.28. The predicted molar refractivity (Wildman–Crippen MR) is 139 cm³/mol. The number of amides is 1. The number of fused-ring (bicyclic) bond motifs is 4. The number of benzene rings is 3. The third-order valence-electron chi connectivity index (χ3n) is 7.88. The summed E-state index contributed by atoms with van der Waals surface area (Å²) in [7, 11) is 0. The molecule has 3 aromatic carbocycles. The van der Waals surface area contributed by atoms with E-state index in [0.717, 1.165) is 33.7 Å². The predicted octanol–water partition coefficient (Wildman–Crippen LogP) is 5.03. The van der Waals surface area contributed by atoms with E-state index in [4.69, 9.17) is 0 Å². The van der Waals surface area contributed by atoms with Gasteiger partial charge in [-0.1, -0.05) is 59.7 Å². The zero-order chi connectivity index (χ0) is 25.2. The summed E-state index contributed by atoms with van der Waals surface area (Å²) in [6, 6.07) is 19.8. The van der Waals surface area contributed by atoms with Crippen molar-refractivity contribution in [1.82, 2.24) is 4.90 Å². The Hall–Kier alpha value is -3.49. The Kier molecular flexibility index (Phi) is 5.28. The van der Waals surface area contributed by atoms with Crippen LogP contribution in [-0.2, 0) is 10.3 Å². The first-order valence-corrected chi connectivity index (χ1v) is 13.1. The average molecular weight is 500 g/mol. The highest BCUT2D eigenvalue weighted by molar-refractivity contribution is 7.99. The normalized spacial score (nSPS) is 26.6. The van der Waals surface area contributed by atoms with Crippen LogP contribution in [0.3, 0.4) is 0 Å². The smallest absolute Gasteiger partial charge is 0.269 e. The van der Waals surface area contributed by atoms with Crippen LogP contribution in [0.2, 0.25) is 0 Å². The Bertz CT molecular complexity index is 1410. The van der Waals surface area contributed by atoms with Crippen molar-refractivity contribution >= 4 is 34.8 Å². The SMILES string of the molecule is Cc1ccc(C(=O)[C@H]2[C@H](c3ccc([N+](=O)[O-])cc3)[C@H]3CSCN3[C@@]23C(=O)Nc2ccc(C)cc23)cc1. The van der Waals surface area contributed by atoms with Crippen molar-refractivity contribution in [2.45, 2.75) is 31.3 Å². The minimum Gasteiger partial charge on any atom is -0.324 e. The minimum absolute atomic E-state index is 0.00473. The number of aryl methyl sites for hydroxylation is 2. The third-order valence-corrected chi connectivity index (χ3v) is 8.92. The van der Waals surface area contributed by atoms with Gasteiger partial charge in [0.05, 0.1) is 10.8 Å². The second-order valence-corrected chi connectivity index (χ2v) is 10.9. The summed E-state index contributed by atoms with van der Waals surface area (Å²) in [5, 5.41) is 14.4. The van der Waals surface area contributed by atoms with Crippen molar-refractivity contribution in [3.63, 3.8) is 0 Å². The molecule has 3 aliphatic heterocycles. The second-order valence-electron chi connectivity index (χ2n) is 9.89. The van der Waals surface area contributed by atoms with Crippen molar-refractivity contribution in [2.24, 2.45) is 5.92 Å². The Morgan fingerprint density at radius 1 is 1.06 bits per heavy atom. The van der Waals surface area contributed by atoms with Gasteiger partial charge in [-0.15, -0.1) is 11.8 Å². The van der Waals surface area contributed by atoms with Gasteiger partial charge in [-0.25, -0.2) is 0 Å². The Morgan fingerprint density at radius 2 is 1.75 bits per heavy atom. The van der Waals surface area contributed by atoms with E-state index in [9.17, 15) is 19.7 Å². The van der Waals surface area contributed by atoms with E-state index in [2.05, 4.69) is 10.2 Å². The minimum atomic E-state index is -1.15. The van der Waals surface area contributed by atoms with Gasteiger partial charge in [-0.3, -0.25) is 24.6 Å². The van der Waals surface area contributed by atoms with E-state index >= 15 is 0 Å². The summed E-state index contributed by atoms with van der Waals surface area (Å²) in [6.07, 6.45) is 0. The summed E-state index contributed by atoms with van der Waals surface area (Å²) in [5.41, 5.74) is 3.93. The largest absolute Gasteiger partial charge is 0.324 e. The maximum atomic E-state index is 14.4. The number of nitrogens with zero attached hydrogens (tertiary/aromatic N) is 2. The number of carbonyl (C=O) groups excluding carboxylic acids is 2. The number of non-ortho nitro benzene ring substituents is 1. The van der Waals surface area contributed by atoms with Crippen molar-refractivity contribution < 1.29 is 14.5 Å². The molecule has 1 N–H and O–H groups in total. The maximum Gasteiger partial charge on any atom is 0.269 e. The summed E-state index contributed by atoms with van der Waals surface area (Å²) in [5.74, 6) is 0.164. The Morgan fingerprint density at radius 3 is 2.44 bits per heavy atom. The number of nitro groups is 1. The van der Waals surface area contributed by atoms with Gasteiger partial charge in [0.25, 0.3) is 5.69 Å². The molecule has 0 aliphatic carbocycles. The Labute approximate surface area is 213 Å². The van der Waals surface area contributed by atoms with Crippen molar-refractivity contribution in [2.75, 3.05) is 16.9 Å². The van der Waals surface area contributed by atoms with Gasteiger partial charge < -0.3 is 5.32 Å². The second kappa shape index (κ2) is 8.28. The molecule has 0 bridgehead atoms. The first kappa shape index (κ1) is 22.9. The van der Waals surface area contributed by atoms with E-state index in [-0.39, 0.29) is 29.3 Å². The number of anilines is 1. The van der Waals surface area contributed by atoms with Crippen LogP contribution in [0.25, 0.3) is 0 Å². The lowest BCUT2D eigenvalue weighted by Gasteiger charge is -2.36. The molecule has 1 amide bonds. The summed E-state index contributed by atoms with van der Waals surface area (Å²) in [6.45, 7) is 3.97. The molecular weight excluding hydrogens is 474 g/mol. The lowest BCUT2D eigenvalue weighted by molar-refractivity contribution is -0.384. The number of hydrogen-bond acceptors (Lipinski definition) is 6. The molecule has 1 spiro atoms. The number of Topliss-reactive ketones (excluding diaryl/α,β-unsaturated/α-hetero) is 1. The molecule has 2 saturated heterocycles. The molecule has 3 aromatic rings. The lowest BCUT2D eigenvalue weighted by atomic mass is 9.69. The number of nitrogens with one attached hydrogen (secondary N) is 1. The molecule has 8 heteroatoms. The molecule has 3 aliphatic rings. The topological polar surface area (TPSA) is 92.5 Å². The van der Waals surface area contributed by atoms with Gasteiger partial charge in [0.2, 0.25) is 5.91 Å². The van der Waals surface area contributed by atoms with Crippen LogP contribution in [0.4, 0.5) is 11.4 Å². The standard InChI is InChI=1S/C28H25N3O4S/c1-16-3-6-19(7-4-16)26(32)25-24(18-8-10-20(11-9-18)31(34)35)23-14-36-15-30(23)28(25)21-13-17(2)5-12-22(21)29-27(28)33/h3-13,23-25H,14-15H2,1-2H3,(H,29,33)/t23-,24-,25-,28-/m1/s1. The number of carbonyl (C=O) groups is 2. The third kappa shape index (κ3) is 3.17. The molecule has 6 rings (SSSR count). The number of rotatable bonds is 4. The quantitative estimate of drug-likeness (QED) is 0.308. The van der Waals surface area contributed by atoms with Crippen LogP contribution in [0.15, 0.2) is 66.7 Å². The lowest BCUT2D eigenvalue weighted by Crippen LogP contribution is -2.52. The summed E-state index contributed by atoms with van der Waals surface area (Å²) < 4.78 is 0. The highest BCUT2D eigenvalue weighted by Gasteiger charge is 2.69. The maximum absolute atomic E-state index is 14.4. The van der Waals surface area contributed by atoms with E-state index in [0.29, 0.717) is 11.4 Å². The number of ketones is 1. The van der Waals surface area contributed by atoms with Gasteiger partial charge in [-0.05, 0) is 25.5 Å². The zero-order valence-electron chi connectivity index (χ0n) is 19.9. The molecule has 3 heterocycles. The van der Waals surface area contributed by atoms with Crippen molar-refractivity contribution in [3.8, 4) is 0 Å². The van der Waals surface area contributed by atoms with Gasteiger partial charge in [-0.2, -0.15) is 0 Å². The average Bonchev–Trinajstić information content (AvgIpc) is 3.52. The van der Waals surface area contributed by atoms with E-state index in [1.165, 1.54) is 12.1 Å². The van der Waals surface area contributed by atoms with Crippen LogP contribution in [-0.4, -0.2) is 39.2 Å². The molecule has 0 radical (unpaired) electrons. The van der Waals surface area contributed by atoms with E-state index in [1.54, 1.807) is 23.9 Å². The van der Waals surface area contributed by atoms with Gasteiger partial charge in [0, 0.05) is 52.5 Å². The molecular formula is C28H25N3O4S. The monoisotopic (exact) mass is 499 g/mol. The van der Waals surface area contributed by atoms with Gasteiger partial charge in [0.1, 0.15) is 5.54 Å². The highest BCUT2D eigenvalue weighted by atomic mass is 32.2. The van der Waals surface area contributed by atoms with Gasteiger partial charge in [0.15, 0.2) is 5.78 Å². The molecule has 7 nitrogen and oxygen atoms in total. The fourth-order valence-corrected chi connectivity index (χ4v) is 7.60. The first-order chi connectivity index (χ1) is 17.3. The number of thioether (sulfide) groups is 1. The number of hydrogen-bond donors (Lipinski definition) is 1. The van der Waals surface area contributed by atoms with E-state index in [1.807, 2.05) is 56.3 Å². The fraction of sp³-hybridized carbons (Fsp3) is 0.286. The van der Waals surface area contributed by atoms with Crippen molar-refractivity contribution in [1.29, 1.82) is 0 Å². The summed E-state index contributed by atoms with van der Waals surface area (Å²) in [4.78, 5) is 41.5. The van der Waals surface area contributed by atoms with Crippen LogP contribution < -0.4 is 5.32 Å².